The van der Waals surface area contributed by atoms with E-state index in [1.165, 1.54) is 17.4 Å². The highest BCUT2D eigenvalue weighted by Crippen LogP contribution is 2.14. The molecular weight excluding hydrogens is 256 g/mol. The second-order valence-electron chi connectivity index (χ2n) is 3.24. The van der Waals surface area contributed by atoms with Crippen LogP contribution in [-0.2, 0) is 4.79 Å². The van der Waals surface area contributed by atoms with Gasteiger partial charge in [0.05, 0.1) is 10.7 Å². The van der Waals surface area contributed by atoms with Crippen LogP contribution in [0.3, 0.4) is 0 Å². The number of aromatic nitrogens is 3. The molecule has 0 aliphatic rings. The van der Waals surface area contributed by atoms with Crippen molar-refractivity contribution in [3.8, 4) is 0 Å². The van der Waals surface area contributed by atoms with E-state index in [1.807, 2.05) is 19.2 Å². The Bertz CT molecular complexity index is 558. The first-order valence-electron chi connectivity index (χ1n) is 4.85. The van der Waals surface area contributed by atoms with Crippen molar-refractivity contribution in [1.29, 1.82) is 0 Å². The first kappa shape index (κ1) is 11.9. The van der Waals surface area contributed by atoms with Gasteiger partial charge in [0.25, 0.3) is 0 Å². The van der Waals surface area contributed by atoms with E-state index in [9.17, 15) is 4.79 Å². The molecule has 0 fully saturated rings. The van der Waals surface area contributed by atoms with Crippen LogP contribution < -0.4 is 5.32 Å². The van der Waals surface area contributed by atoms with Crippen molar-refractivity contribution >= 4 is 39.8 Å². The molecule has 0 atom stereocenters. The lowest BCUT2D eigenvalue weighted by Gasteiger charge is -1.93. The molecule has 0 aliphatic carbocycles. The number of nitrogens with one attached hydrogen (secondary N) is 1. The summed E-state index contributed by atoms with van der Waals surface area (Å²) in [6.45, 7) is 3.76. The molecule has 2 heterocycles. The Morgan fingerprint density at radius 2 is 2.18 bits per heavy atom. The van der Waals surface area contributed by atoms with Crippen molar-refractivity contribution in [2.45, 2.75) is 13.8 Å². The Morgan fingerprint density at radius 1 is 1.35 bits per heavy atom. The molecule has 17 heavy (non-hydrogen) atoms. The Balaban J connectivity index is 1.95. The third-order valence-electron chi connectivity index (χ3n) is 1.80. The monoisotopic (exact) mass is 266 g/mol. The molecule has 5 nitrogen and oxygen atoms in total. The van der Waals surface area contributed by atoms with Crippen LogP contribution in [0.2, 0.25) is 0 Å². The van der Waals surface area contributed by atoms with E-state index >= 15 is 0 Å². The zero-order valence-electron chi connectivity index (χ0n) is 9.30. The minimum Gasteiger partial charge on any atom is -0.297 e. The average molecular weight is 266 g/mol. The van der Waals surface area contributed by atoms with Crippen molar-refractivity contribution in [2.24, 2.45) is 0 Å². The molecular formula is C10H10N4OS2. The third-order valence-corrected chi connectivity index (χ3v) is 3.34. The molecule has 0 aliphatic heterocycles. The molecule has 2 rings (SSSR count). The molecule has 0 aromatic carbocycles. The molecule has 7 heteroatoms. The summed E-state index contributed by atoms with van der Waals surface area (Å²) in [7, 11) is 0. The molecule has 0 bridgehead atoms. The zero-order chi connectivity index (χ0) is 12.3. The van der Waals surface area contributed by atoms with Crippen LogP contribution in [-0.4, -0.2) is 21.1 Å². The van der Waals surface area contributed by atoms with Gasteiger partial charge >= 0.3 is 0 Å². The van der Waals surface area contributed by atoms with Crippen LogP contribution in [0.1, 0.15) is 15.7 Å². The largest absolute Gasteiger partial charge is 0.297 e. The standard InChI is InChI=1S/C10H10N4OS2/c1-6-11-8(5-16-6)3-4-9(15)12-10-14-13-7(2)17-10/h3-5H,1-2H3,(H,12,14,15)/b4-3+. The molecule has 0 radical (unpaired) electrons. The fourth-order valence-electron chi connectivity index (χ4n) is 1.11. The number of thiazole rings is 1. The fourth-order valence-corrected chi connectivity index (χ4v) is 2.29. The summed E-state index contributed by atoms with van der Waals surface area (Å²) in [5.74, 6) is -0.230. The predicted molar refractivity (Wildman–Crippen MR) is 69.2 cm³/mol. The predicted octanol–water partition coefficient (Wildman–Crippen LogP) is 2.26. The Morgan fingerprint density at radius 3 is 2.76 bits per heavy atom. The van der Waals surface area contributed by atoms with E-state index in [0.29, 0.717) is 5.13 Å². The van der Waals surface area contributed by atoms with Gasteiger partial charge in [-0.15, -0.1) is 21.5 Å². The molecule has 0 spiro atoms. The van der Waals surface area contributed by atoms with Gasteiger partial charge in [0.1, 0.15) is 5.01 Å². The van der Waals surface area contributed by atoms with E-state index in [-0.39, 0.29) is 5.91 Å². The molecule has 2 aromatic heterocycles. The molecule has 0 unspecified atom stereocenters. The average Bonchev–Trinajstić information content (AvgIpc) is 2.85. The van der Waals surface area contributed by atoms with Gasteiger partial charge in [-0.2, -0.15) is 0 Å². The van der Waals surface area contributed by atoms with E-state index in [2.05, 4.69) is 20.5 Å². The molecule has 1 amide bonds. The minimum absolute atomic E-state index is 0.230. The number of carbonyl (C=O) groups is 1. The molecule has 0 saturated heterocycles. The van der Waals surface area contributed by atoms with Gasteiger partial charge in [0.2, 0.25) is 11.0 Å². The lowest BCUT2D eigenvalue weighted by Crippen LogP contribution is -2.07. The van der Waals surface area contributed by atoms with Crippen LogP contribution in [0.25, 0.3) is 6.08 Å². The Hall–Kier alpha value is -1.60. The van der Waals surface area contributed by atoms with E-state index in [1.54, 1.807) is 17.4 Å². The van der Waals surface area contributed by atoms with Gasteiger partial charge in [-0.05, 0) is 19.9 Å². The first-order chi connectivity index (χ1) is 8.13. The van der Waals surface area contributed by atoms with Crippen LogP contribution in [0.5, 0.6) is 0 Å². The smallest absolute Gasteiger partial charge is 0.250 e. The maximum absolute atomic E-state index is 11.5. The molecule has 0 saturated carbocycles. The lowest BCUT2D eigenvalue weighted by molar-refractivity contribution is -0.111. The summed E-state index contributed by atoms with van der Waals surface area (Å²) in [5.41, 5.74) is 0.788. The maximum atomic E-state index is 11.5. The second-order valence-corrected chi connectivity index (χ2v) is 5.48. The Labute approximate surface area is 106 Å². The number of nitrogens with zero attached hydrogens (tertiary/aromatic N) is 3. The topological polar surface area (TPSA) is 67.8 Å². The molecule has 88 valence electrons. The number of hydrogen-bond donors (Lipinski definition) is 1. The summed E-state index contributed by atoms with van der Waals surface area (Å²) in [6.07, 6.45) is 3.11. The second kappa shape index (κ2) is 5.15. The number of rotatable bonds is 3. The summed E-state index contributed by atoms with van der Waals surface area (Å²) in [4.78, 5) is 15.7. The third kappa shape index (κ3) is 3.43. The number of aryl methyl sites for hydroxylation is 2. The van der Waals surface area contributed by atoms with E-state index in [0.717, 1.165) is 15.7 Å². The fraction of sp³-hybridized carbons (Fsp3) is 0.200. The van der Waals surface area contributed by atoms with Crippen LogP contribution in [0.4, 0.5) is 5.13 Å². The highest BCUT2D eigenvalue weighted by Gasteiger charge is 2.03. The zero-order valence-corrected chi connectivity index (χ0v) is 10.9. The first-order valence-corrected chi connectivity index (χ1v) is 6.54. The van der Waals surface area contributed by atoms with Crippen LogP contribution in [0, 0.1) is 13.8 Å². The van der Waals surface area contributed by atoms with Crippen molar-refractivity contribution in [2.75, 3.05) is 5.32 Å². The van der Waals surface area contributed by atoms with Gasteiger partial charge in [0.15, 0.2) is 0 Å². The normalized spacial score (nSPS) is 10.9. The van der Waals surface area contributed by atoms with Crippen molar-refractivity contribution in [3.63, 3.8) is 0 Å². The quantitative estimate of drug-likeness (QED) is 0.865. The van der Waals surface area contributed by atoms with Crippen LogP contribution >= 0.6 is 22.7 Å². The van der Waals surface area contributed by atoms with E-state index in [4.69, 9.17) is 0 Å². The Kier molecular flexibility index (Phi) is 3.60. The molecule has 2 aromatic rings. The SMILES string of the molecule is Cc1nc(/C=C/C(=O)Nc2nnc(C)s2)cs1. The summed E-state index contributed by atoms with van der Waals surface area (Å²) in [6, 6.07) is 0. The van der Waals surface area contributed by atoms with Crippen molar-refractivity contribution < 1.29 is 4.79 Å². The summed E-state index contributed by atoms with van der Waals surface area (Å²) in [5, 5.41) is 14.4. The van der Waals surface area contributed by atoms with Gasteiger partial charge in [-0.25, -0.2) is 4.98 Å². The van der Waals surface area contributed by atoms with Gasteiger partial charge in [-0.3, -0.25) is 10.1 Å². The lowest BCUT2D eigenvalue weighted by atomic mass is 10.4. The van der Waals surface area contributed by atoms with Gasteiger partial charge in [0, 0.05) is 11.5 Å². The van der Waals surface area contributed by atoms with Crippen molar-refractivity contribution in [3.05, 3.63) is 27.2 Å². The summed E-state index contributed by atoms with van der Waals surface area (Å²) < 4.78 is 0. The molecule has 1 N–H and O–H groups in total. The van der Waals surface area contributed by atoms with Crippen LogP contribution in [0.15, 0.2) is 11.5 Å². The number of amides is 1. The van der Waals surface area contributed by atoms with E-state index < -0.39 is 0 Å². The number of anilines is 1. The maximum Gasteiger partial charge on any atom is 0.250 e. The van der Waals surface area contributed by atoms with Crippen molar-refractivity contribution in [1.82, 2.24) is 15.2 Å². The minimum atomic E-state index is -0.230. The highest BCUT2D eigenvalue weighted by molar-refractivity contribution is 7.15. The summed E-state index contributed by atoms with van der Waals surface area (Å²) >= 11 is 2.89. The van der Waals surface area contributed by atoms with Gasteiger partial charge < -0.3 is 0 Å². The number of hydrogen-bond acceptors (Lipinski definition) is 6. The highest BCUT2D eigenvalue weighted by atomic mass is 32.1. The van der Waals surface area contributed by atoms with Gasteiger partial charge in [-0.1, -0.05) is 11.3 Å². The number of carbonyl (C=O) groups excluding carboxylic acids is 1.